The monoisotopic (exact) mass is 348 g/mol. The molecule has 130 valence electrons. The van der Waals surface area contributed by atoms with E-state index in [4.69, 9.17) is 14.6 Å². The van der Waals surface area contributed by atoms with Gasteiger partial charge in [-0.1, -0.05) is 12.1 Å². The van der Waals surface area contributed by atoms with Crippen molar-refractivity contribution in [1.29, 1.82) is 0 Å². The number of carbonyl (C=O) groups excluding carboxylic acids is 1. The van der Waals surface area contributed by atoms with Crippen molar-refractivity contribution in [2.75, 3.05) is 13.7 Å². The molecular formula is C18H14F2O5. The summed E-state index contributed by atoms with van der Waals surface area (Å²) in [5.74, 6) is -2.94. The Hall–Kier alpha value is -3.22. The maximum absolute atomic E-state index is 13.6. The summed E-state index contributed by atoms with van der Waals surface area (Å²) in [7, 11) is 1.38. The van der Waals surface area contributed by atoms with E-state index >= 15 is 0 Å². The van der Waals surface area contributed by atoms with Gasteiger partial charge in [0.25, 0.3) is 0 Å². The van der Waals surface area contributed by atoms with Crippen molar-refractivity contribution >= 4 is 17.8 Å². The molecule has 0 fully saturated rings. The number of aliphatic carboxylic acids is 1. The topological polar surface area (TPSA) is 72.8 Å². The zero-order valence-corrected chi connectivity index (χ0v) is 13.2. The fourth-order valence-electron chi connectivity index (χ4n) is 2.00. The minimum absolute atomic E-state index is 0.234. The van der Waals surface area contributed by atoms with Crippen LogP contribution in [0.2, 0.25) is 0 Å². The zero-order valence-electron chi connectivity index (χ0n) is 13.2. The summed E-state index contributed by atoms with van der Waals surface area (Å²) in [5.41, 5.74) is 0.307. The summed E-state index contributed by atoms with van der Waals surface area (Å²) in [6.07, 6.45) is 2.57. The minimum atomic E-state index is -1.13. The number of rotatable bonds is 7. The van der Waals surface area contributed by atoms with Crippen LogP contribution >= 0.6 is 0 Å². The van der Waals surface area contributed by atoms with Gasteiger partial charge in [-0.2, -0.15) is 0 Å². The highest BCUT2D eigenvalue weighted by Gasteiger charge is 2.10. The molecule has 0 heterocycles. The SMILES string of the molecule is COc1cc(/C=C/C(=O)c2ccc(F)cc2F)ccc1OCC(=O)O. The Morgan fingerprint density at radius 1 is 1.12 bits per heavy atom. The third-order valence-electron chi connectivity index (χ3n) is 3.16. The number of carboxylic acids is 1. The van der Waals surface area contributed by atoms with Gasteiger partial charge < -0.3 is 14.6 Å². The van der Waals surface area contributed by atoms with Gasteiger partial charge in [0.15, 0.2) is 23.9 Å². The number of benzene rings is 2. The third-order valence-corrected chi connectivity index (χ3v) is 3.16. The van der Waals surface area contributed by atoms with Gasteiger partial charge >= 0.3 is 5.97 Å². The van der Waals surface area contributed by atoms with E-state index in [0.29, 0.717) is 11.6 Å². The first-order valence-corrected chi connectivity index (χ1v) is 7.11. The number of hydrogen-bond acceptors (Lipinski definition) is 4. The summed E-state index contributed by atoms with van der Waals surface area (Å²) in [6, 6.07) is 7.30. The van der Waals surface area contributed by atoms with Gasteiger partial charge in [-0.25, -0.2) is 13.6 Å². The van der Waals surface area contributed by atoms with Crippen LogP contribution in [0.5, 0.6) is 11.5 Å². The molecule has 2 aromatic rings. The summed E-state index contributed by atoms with van der Waals surface area (Å²) in [5, 5.41) is 8.62. The number of ether oxygens (including phenoxy) is 2. The maximum atomic E-state index is 13.6. The molecule has 0 aliphatic carbocycles. The van der Waals surface area contributed by atoms with Gasteiger partial charge in [-0.3, -0.25) is 4.79 Å². The van der Waals surface area contributed by atoms with Crippen LogP contribution in [0, 0.1) is 11.6 Å². The number of methoxy groups -OCH3 is 1. The number of ketones is 1. The third kappa shape index (κ3) is 4.87. The molecule has 5 nitrogen and oxygen atoms in total. The van der Waals surface area contributed by atoms with Crippen molar-refractivity contribution < 1.29 is 33.0 Å². The Balaban J connectivity index is 2.17. The highest BCUT2D eigenvalue weighted by atomic mass is 19.1. The lowest BCUT2D eigenvalue weighted by molar-refractivity contribution is -0.139. The average molecular weight is 348 g/mol. The van der Waals surface area contributed by atoms with E-state index in [-0.39, 0.29) is 17.1 Å². The van der Waals surface area contributed by atoms with Crippen molar-refractivity contribution in [2.45, 2.75) is 0 Å². The summed E-state index contributed by atoms with van der Waals surface area (Å²) < 4.78 is 36.6. The highest BCUT2D eigenvalue weighted by molar-refractivity contribution is 6.07. The Bertz CT molecular complexity index is 830. The number of allylic oxidation sites excluding steroid dienone is 1. The normalized spacial score (nSPS) is 10.7. The number of halogens is 2. The average Bonchev–Trinajstić information content (AvgIpc) is 2.58. The fourth-order valence-corrected chi connectivity index (χ4v) is 2.00. The Kier molecular flexibility index (Phi) is 5.84. The van der Waals surface area contributed by atoms with Crippen LogP contribution in [0.1, 0.15) is 15.9 Å². The van der Waals surface area contributed by atoms with E-state index in [9.17, 15) is 18.4 Å². The first-order valence-electron chi connectivity index (χ1n) is 7.11. The van der Waals surface area contributed by atoms with Gasteiger partial charge in [-0.05, 0) is 35.9 Å². The van der Waals surface area contributed by atoms with E-state index in [0.717, 1.165) is 18.2 Å². The van der Waals surface area contributed by atoms with E-state index in [1.807, 2.05) is 0 Å². The molecule has 7 heteroatoms. The molecule has 2 aromatic carbocycles. The second-order valence-electron chi connectivity index (χ2n) is 4.91. The molecule has 0 aliphatic rings. The van der Waals surface area contributed by atoms with E-state index in [1.165, 1.54) is 25.3 Å². The first-order chi connectivity index (χ1) is 11.9. The molecule has 1 N–H and O–H groups in total. The molecular weight excluding hydrogens is 334 g/mol. The van der Waals surface area contributed by atoms with Gasteiger partial charge in [0.1, 0.15) is 11.6 Å². The highest BCUT2D eigenvalue weighted by Crippen LogP contribution is 2.28. The van der Waals surface area contributed by atoms with Gasteiger partial charge in [0.2, 0.25) is 0 Å². The molecule has 25 heavy (non-hydrogen) atoms. The van der Waals surface area contributed by atoms with Crippen LogP contribution < -0.4 is 9.47 Å². The van der Waals surface area contributed by atoms with Crippen LogP contribution in [-0.4, -0.2) is 30.6 Å². The lowest BCUT2D eigenvalue weighted by Gasteiger charge is -2.09. The summed E-state index contributed by atoms with van der Waals surface area (Å²) in [4.78, 5) is 22.5. The molecule has 0 bridgehead atoms. The first kappa shape index (κ1) is 18.1. The summed E-state index contributed by atoms with van der Waals surface area (Å²) in [6.45, 7) is -0.520. The zero-order chi connectivity index (χ0) is 18.4. The molecule has 0 aliphatic heterocycles. The molecule has 0 atom stereocenters. The lowest BCUT2D eigenvalue weighted by atomic mass is 10.1. The van der Waals surface area contributed by atoms with Gasteiger partial charge in [0, 0.05) is 6.07 Å². The summed E-state index contributed by atoms with van der Waals surface area (Å²) >= 11 is 0. The van der Waals surface area contributed by atoms with Crippen LogP contribution in [0.25, 0.3) is 6.08 Å². The smallest absolute Gasteiger partial charge is 0.341 e. The van der Waals surface area contributed by atoms with Gasteiger partial charge in [0.05, 0.1) is 12.7 Å². The standard InChI is InChI=1S/C18H14F2O5/c1-24-17-8-11(3-7-16(17)25-10-18(22)23)2-6-15(21)13-5-4-12(19)9-14(13)20/h2-9H,10H2,1H3,(H,22,23)/b6-2+. The van der Waals surface area contributed by atoms with E-state index in [2.05, 4.69) is 0 Å². The van der Waals surface area contributed by atoms with Crippen LogP contribution in [-0.2, 0) is 4.79 Å². The van der Waals surface area contributed by atoms with Crippen LogP contribution in [0.3, 0.4) is 0 Å². The van der Waals surface area contributed by atoms with Crippen LogP contribution in [0.15, 0.2) is 42.5 Å². The molecule has 0 saturated carbocycles. The van der Waals surface area contributed by atoms with Crippen molar-refractivity contribution in [2.24, 2.45) is 0 Å². The van der Waals surface area contributed by atoms with Crippen molar-refractivity contribution in [3.05, 3.63) is 65.2 Å². The molecule has 0 unspecified atom stereocenters. The number of hydrogen-bond donors (Lipinski definition) is 1. The minimum Gasteiger partial charge on any atom is -0.493 e. The molecule has 0 amide bonds. The van der Waals surface area contributed by atoms with Crippen molar-refractivity contribution in [3.63, 3.8) is 0 Å². The Morgan fingerprint density at radius 3 is 2.52 bits per heavy atom. The van der Waals surface area contributed by atoms with Gasteiger partial charge in [-0.15, -0.1) is 0 Å². The Labute approximate surface area is 142 Å². The van der Waals surface area contributed by atoms with Crippen LogP contribution in [0.4, 0.5) is 8.78 Å². The quantitative estimate of drug-likeness (QED) is 0.614. The molecule has 0 radical (unpaired) electrons. The predicted molar refractivity (Wildman–Crippen MR) is 85.8 cm³/mol. The fraction of sp³-hybridized carbons (Fsp3) is 0.111. The van der Waals surface area contributed by atoms with Crippen molar-refractivity contribution in [3.8, 4) is 11.5 Å². The molecule has 2 rings (SSSR count). The number of carboxylic acid groups (broad SMARTS) is 1. The molecule has 0 aromatic heterocycles. The second-order valence-corrected chi connectivity index (χ2v) is 4.91. The van der Waals surface area contributed by atoms with Crippen molar-refractivity contribution in [1.82, 2.24) is 0 Å². The lowest BCUT2D eigenvalue weighted by Crippen LogP contribution is -2.10. The predicted octanol–water partition coefficient (Wildman–Crippen LogP) is 3.33. The Morgan fingerprint density at radius 2 is 1.88 bits per heavy atom. The second kappa shape index (κ2) is 8.05. The maximum Gasteiger partial charge on any atom is 0.341 e. The molecule has 0 spiro atoms. The molecule has 0 saturated heterocycles. The largest absolute Gasteiger partial charge is 0.493 e. The van der Waals surface area contributed by atoms with E-state index < -0.39 is 30.0 Å². The van der Waals surface area contributed by atoms with E-state index in [1.54, 1.807) is 6.07 Å². The number of carbonyl (C=O) groups is 2.